The molecule has 5 heteroatoms. The van der Waals surface area contributed by atoms with Crippen LogP contribution in [0.2, 0.25) is 0 Å². The van der Waals surface area contributed by atoms with E-state index in [1.54, 1.807) is 11.3 Å². The van der Waals surface area contributed by atoms with Crippen molar-refractivity contribution >= 4 is 32.4 Å². The summed E-state index contributed by atoms with van der Waals surface area (Å²) in [5.41, 5.74) is 0. The van der Waals surface area contributed by atoms with E-state index in [1.807, 2.05) is 0 Å². The topological polar surface area (TPSA) is 29.0 Å². The van der Waals surface area contributed by atoms with Crippen molar-refractivity contribution < 1.29 is 0 Å². The molecule has 0 bridgehead atoms. The van der Waals surface area contributed by atoms with Crippen LogP contribution < -0.4 is 4.90 Å². The van der Waals surface area contributed by atoms with E-state index in [2.05, 4.69) is 58.8 Å². The zero-order chi connectivity index (χ0) is 10.0. The Hall–Kier alpha value is -0.160. The van der Waals surface area contributed by atoms with E-state index in [0.717, 1.165) is 9.05 Å². The number of aromatic nitrogens is 2. The SMILES string of the molecule is CC(C)C(C)N(C)c1nnc(Br)s1. The van der Waals surface area contributed by atoms with Crippen LogP contribution in [0.3, 0.4) is 0 Å². The van der Waals surface area contributed by atoms with Crippen LogP contribution in [-0.4, -0.2) is 23.3 Å². The normalized spacial score (nSPS) is 13.4. The molecule has 0 saturated heterocycles. The third-order valence-corrected chi connectivity index (χ3v) is 3.71. The van der Waals surface area contributed by atoms with E-state index in [9.17, 15) is 0 Å². The molecule has 0 radical (unpaired) electrons. The molecule has 0 saturated carbocycles. The second-order valence-corrected chi connectivity index (χ2v) is 5.67. The number of hydrogen-bond donors (Lipinski definition) is 0. The molecule has 0 aliphatic carbocycles. The zero-order valence-corrected chi connectivity index (χ0v) is 10.7. The smallest absolute Gasteiger partial charge is 0.209 e. The van der Waals surface area contributed by atoms with Crippen LogP contribution >= 0.6 is 27.3 Å². The Kier molecular flexibility index (Phi) is 3.67. The lowest BCUT2D eigenvalue weighted by molar-refractivity contribution is 0.504. The molecule has 1 atom stereocenters. The van der Waals surface area contributed by atoms with E-state index >= 15 is 0 Å². The van der Waals surface area contributed by atoms with Crippen molar-refractivity contribution in [1.29, 1.82) is 0 Å². The minimum absolute atomic E-state index is 0.486. The lowest BCUT2D eigenvalue weighted by atomic mass is 10.1. The molecule has 0 N–H and O–H groups in total. The molecule has 0 spiro atoms. The monoisotopic (exact) mass is 263 g/mol. The highest BCUT2D eigenvalue weighted by Crippen LogP contribution is 2.25. The zero-order valence-electron chi connectivity index (χ0n) is 8.28. The number of hydrogen-bond acceptors (Lipinski definition) is 4. The first-order valence-electron chi connectivity index (χ1n) is 4.24. The molecule has 13 heavy (non-hydrogen) atoms. The van der Waals surface area contributed by atoms with Gasteiger partial charge in [-0.25, -0.2) is 0 Å². The van der Waals surface area contributed by atoms with Crippen LogP contribution in [0.25, 0.3) is 0 Å². The van der Waals surface area contributed by atoms with Gasteiger partial charge in [0.25, 0.3) is 0 Å². The second-order valence-electron chi connectivity index (χ2n) is 3.43. The van der Waals surface area contributed by atoms with Crippen LogP contribution in [0.5, 0.6) is 0 Å². The number of nitrogens with zero attached hydrogens (tertiary/aromatic N) is 3. The van der Waals surface area contributed by atoms with Gasteiger partial charge in [0.1, 0.15) is 0 Å². The Balaban J connectivity index is 2.73. The van der Waals surface area contributed by atoms with Gasteiger partial charge < -0.3 is 4.90 Å². The highest BCUT2D eigenvalue weighted by Gasteiger charge is 2.16. The standard InChI is InChI=1S/C8H14BrN3S/c1-5(2)6(3)12(4)8-11-10-7(9)13-8/h5-6H,1-4H3. The lowest BCUT2D eigenvalue weighted by Crippen LogP contribution is -2.32. The third-order valence-electron chi connectivity index (χ3n) is 2.27. The predicted octanol–water partition coefficient (Wildman–Crippen LogP) is 2.78. The molecule has 0 aromatic carbocycles. The van der Waals surface area contributed by atoms with Crippen molar-refractivity contribution in [3.8, 4) is 0 Å². The molecule has 0 aliphatic rings. The average Bonchev–Trinajstić information content (AvgIpc) is 2.49. The van der Waals surface area contributed by atoms with Crippen LogP contribution in [-0.2, 0) is 0 Å². The molecule has 3 nitrogen and oxygen atoms in total. The van der Waals surface area contributed by atoms with Gasteiger partial charge in [0.05, 0.1) is 0 Å². The van der Waals surface area contributed by atoms with Crippen molar-refractivity contribution in [2.24, 2.45) is 5.92 Å². The summed E-state index contributed by atoms with van der Waals surface area (Å²) < 4.78 is 0.838. The van der Waals surface area contributed by atoms with E-state index in [0.29, 0.717) is 12.0 Å². The maximum atomic E-state index is 4.07. The van der Waals surface area contributed by atoms with E-state index in [1.165, 1.54) is 0 Å². The van der Waals surface area contributed by atoms with Crippen molar-refractivity contribution in [2.45, 2.75) is 26.8 Å². The molecule has 0 aliphatic heterocycles. The summed E-state index contributed by atoms with van der Waals surface area (Å²) >= 11 is 4.87. The minimum atomic E-state index is 0.486. The summed E-state index contributed by atoms with van der Waals surface area (Å²) in [6, 6.07) is 0.486. The van der Waals surface area contributed by atoms with Gasteiger partial charge in [-0.05, 0) is 28.8 Å². The molecule has 1 aromatic rings. The summed E-state index contributed by atoms with van der Waals surface area (Å²) in [4.78, 5) is 2.16. The van der Waals surface area contributed by atoms with Gasteiger partial charge in [0, 0.05) is 13.1 Å². The van der Waals surface area contributed by atoms with Gasteiger partial charge in [-0.3, -0.25) is 0 Å². The van der Waals surface area contributed by atoms with Gasteiger partial charge in [-0.1, -0.05) is 25.2 Å². The van der Waals surface area contributed by atoms with Crippen LogP contribution in [0.4, 0.5) is 5.13 Å². The summed E-state index contributed by atoms with van der Waals surface area (Å²) in [5, 5.41) is 8.96. The second kappa shape index (κ2) is 4.37. The number of rotatable bonds is 3. The minimum Gasteiger partial charge on any atom is -0.347 e. The fourth-order valence-corrected chi connectivity index (χ4v) is 2.10. The lowest BCUT2D eigenvalue weighted by Gasteiger charge is -2.26. The highest BCUT2D eigenvalue weighted by molar-refractivity contribution is 9.11. The first-order chi connectivity index (χ1) is 6.02. The van der Waals surface area contributed by atoms with Gasteiger partial charge in [0.15, 0.2) is 3.92 Å². The Morgan fingerprint density at radius 2 is 1.92 bits per heavy atom. The summed E-state index contributed by atoms with van der Waals surface area (Å²) in [6.07, 6.45) is 0. The highest BCUT2D eigenvalue weighted by atomic mass is 79.9. The van der Waals surface area contributed by atoms with E-state index in [4.69, 9.17) is 0 Å². The van der Waals surface area contributed by atoms with Crippen LogP contribution in [0, 0.1) is 5.92 Å². The first kappa shape index (κ1) is 10.9. The molecule has 0 fully saturated rings. The van der Waals surface area contributed by atoms with Gasteiger partial charge in [0.2, 0.25) is 5.13 Å². The van der Waals surface area contributed by atoms with E-state index < -0.39 is 0 Å². The van der Waals surface area contributed by atoms with E-state index in [-0.39, 0.29) is 0 Å². The van der Waals surface area contributed by atoms with Gasteiger partial charge in [-0.15, -0.1) is 10.2 Å². The first-order valence-corrected chi connectivity index (χ1v) is 5.85. The fourth-order valence-electron chi connectivity index (χ4n) is 0.962. The van der Waals surface area contributed by atoms with Gasteiger partial charge >= 0.3 is 0 Å². The van der Waals surface area contributed by atoms with Gasteiger partial charge in [-0.2, -0.15) is 0 Å². The average molecular weight is 264 g/mol. The molecule has 1 rings (SSSR count). The summed E-state index contributed by atoms with van der Waals surface area (Å²) in [5.74, 6) is 0.618. The van der Waals surface area contributed by atoms with Crippen LogP contribution in [0.15, 0.2) is 3.92 Å². The Bertz CT molecular complexity index is 274. The van der Waals surface area contributed by atoms with Crippen molar-refractivity contribution in [3.05, 3.63) is 3.92 Å². The number of anilines is 1. The van der Waals surface area contributed by atoms with Crippen molar-refractivity contribution in [3.63, 3.8) is 0 Å². The van der Waals surface area contributed by atoms with Crippen molar-refractivity contribution in [2.75, 3.05) is 11.9 Å². The fraction of sp³-hybridized carbons (Fsp3) is 0.750. The Labute approximate surface area is 91.3 Å². The molecular weight excluding hydrogens is 250 g/mol. The molecule has 1 aromatic heterocycles. The molecular formula is C8H14BrN3S. The summed E-state index contributed by atoms with van der Waals surface area (Å²) in [6.45, 7) is 6.61. The molecule has 0 amide bonds. The molecule has 1 unspecified atom stereocenters. The largest absolute Gasteiger partial charge is 0.347 e. The maximum Gasteiger partial charge on any atom is 0.209 e. The molecule has 74 valence electrons. The maximum absolute atomic E-state index is 4.07. The Morgan fingerprint density at radius 3 is 2.31 bits per heavy atom. The molecule has 1 heterocycles. The number of halogens is 1. The Morgan fingerprint density at radius 1 is 1.31 bits per heavy atom. The van der Waals surface area contributed by atoms with Crippen molar-refractivity contribution in [1.82, 2.24) is 10.2 Å². The predicted molar refractivity (Wildman–Crippen MR) is 60.3 cm³/mol. The third kappa shape index (κ3) is 2.64. The quantitative estimate of drug-likeness (QED) is 0.840. The van der Waals surface area contributed by atoms with Crippen LogP contribution in [0.1, 0.15) is 20.8 Å². The summed E-state index contributed by atoms with van der Waals surface area (Å²) in [7, 11) is 2.05.